The van der Waals surface area contributed by atoms with Crippen molar-refractivity contribution in [3.8, 4) is 5.75 Å². The number of hydrogen-bond acceptors (Lipinski definition) is 2. The Morgan fingerprint density at radius 3 is 2.43 bits per heavy atom. The van der Waals surface area contributed by atoms with Gasteiger partial charge in [0.1, 0.15) is 5.75 Å². The number of hydrogen-bond donors (Lipinski definition) is 1. The molecule has 1 aromatic carbocycles. The highest BCUT2D eigenvalue weighted by Gasteiger charge is 2.54. The van der Waals surface area contributed by atoms with Crippen molar-refractivity contribution in [3.63, 3.8) is 0 Å². The lowest BCUT2D eigenvalue weighted by molar-refractivity contribution is 0.340. The monoisotopic (exact) mass is 327 g/mol. The molecule has 0 amide bonds. The molecule has 2 nitrogen and oxygen atoms in total. The van der Waals surface area contributed by atoms with E-state index in [-0.39, 0.29) is 0 Å². The Kier molecular flexibility index (Phi) is 4.68. The van der Waals surface area contributed by atoms with Crippen LogP contribution < -0.4 is 10.1 Å². The molecule has 4 heteroatoms. The van der Waals surface area contributed by atoms with Crippen molar-refractivity contribution in [1.29, 1.82) is 0 Å². The first kappa shape index (κ1) is 15.5. The third-order valence-electron chi connectivity index (χ3n) is 5.10. The van der Waals surface area contributed by atoms with E-state index in [0.29, 0.717) is 29.3 Å². The van der Waals surface area contributed by atoms with Crippen molar-refractivity contribution in [2.75, 3.05) is 13.7 Å². The molecule has 2 aliphatic carbocycles. The normalized spacial score (nSPS) is 28.9. The highest BCUT2D eigenvalue weighted by Crippen LogP contribution is 2.61. The van der Waals surface area contributed by atoms with E-state index in [4.69, 9.17) is 27.9 Å². The second-order valence-corrected chi connectivity index (χ2v) is 7.01. The smallest absolute Gasteiger partial charge is 0.139 e. The second kappa shape index (κ2) is 6.36. The van der Waals surface area contributed by atoms with Gasteiger partial charge in [-0.25, -0.2) is 0 Å². The molecule has 3 atom stereocenters. The van der Waals surface area contributed by atoms with E-state index in [2.05, 4.69) is 5.32 Å². The van der Waals surface area contributed by atoms with E-state index >= 15 is 0 Å². The molecule has 21 heavy (non-hydrogen) atoms. The largest absolute Gasteiger partial charge is 0.492 e. The van der Waals surface area contributed by atoms with Crippen LogP contribution in [0.4, 0.5) is 0 Å². The zero-order chi connectivity index (χ0) is 15.0. The predicted octanol–water partition coefficient (Wildman–Crippen LogP) is 5.09. The van der Waals surface area contributed by atoms with Crippen LogP contribution in [0.5, 0.6) is 5.75 Å². The van der Waals surface area contributed by atoms with E-state index in [9.17, 15) is 0 Å². The summed E-state index contributed by atoms with van der Waals surface area (Å²) in [6.07, 6.45) is 5.50. The van der Waals surface area contributed by atoms with E-state index < -0.39 is 0 Å². The second-order valence-electron chi connectivity index (χ2n) is 6.19. The summed E-state index contributed by atoms with van der Waals surface area (Å²) in [5.41, 5.74) is 1.12. The summed E-state index contributed by atoms with van der Waals surface area (Å²) in [6.45, 7) is 2.54. The molecule has 0 bridgehead atoms. The van der Waals surface area contributed by atoms with Crippen LogP contribution in [0.1, 0.15) is 44.2 Å². The van der Waals surface area contributed by atoms with Crippen LogP contribution >= 0.6 is 23.2 Å². The first-order valence-corrected chi connectivity index (χ1v) is 8.72. The molecule has 2 aliphatic rings. The van der Waals surface area contributed by atoms with Gasteiger partial charge in [0, 0.05) is 17.1 Å². The van der Waals surface area contributed by atoms with Crippen molar-refractivity contribution in [3.05, 3.63) is 27.7 Å². The maximum absolute atomic E-state index is 6.50. The molecule has 2 fully saturated rings. The van der Waals surface area contributed by atoms with Gasteiger partial charge in [-0.1, -0.05) is 36.0 Å². The standard InChI is InChI=1S/C17H23Cl2NO/c1-3-21-15-9-13(18)12(8-14(15)19)17(20-2)16-10-6-4-5-7-11(10)16/h8-11,16-17,20H,3-7H2,1-2H3. The van der Waals surface area contributed by atoms with Crippen LogP contribution in [0.3, 0.4) is 0 Å². The highest BCUT2D eigenvalue weighted by atomic mass is 35.5. The Morgan fingerprint density at radius 1 is 1.19 bits per heavy atom. The highest BCUT2D eigenvalue weighted by molar-refractivity contribution is 6.34. The molecule has 3 rings (SSSR count). The minimum atomic E-state index is 0.304. The maximum Gasteiger partial charge on any atom is 0.139 e. The van der Waals surface area contributed by atoms with Gasteiger partial charge in [0.2, 0.25) is 0 Å². The molecule has 0 aliphatic heterocycles. The Bertz CT molecular complexity index is 508. The summed E-state index contributed by atoms with van der Waals surface area (Å²) in [5, 5.41) is 4.88. The Morgan fingerprint density at radius 2 is 1.86 bits per heavy atom. The fourth-order valence-corrected chi connectivity index (χ4v) is 4.64. The van der Waals surface area contributed by atoms with Gasteiger partial charge in [0.15, 0.2) is 0 Å². The maximum atomic E-state index is 6.50. The van der Waals surface area contributed by atoms with Gasteiger partial charge in [-0.05, 0) is 56.2 Å². The number of halogens is 2. The minimum absolute atomic E-state index is 0.304. The number of benzene rings is 1. The third kappa shape index (κ3) is 2.91. The molecule has 1 N–H and O–H groups in total. The van der Waals surface area contributed by atoms with Gasteiger partial charge in [-0.15, -0.1) is 0 Å². The number of rotatable bonds is 5. The fourth-order valence-electron chi connectivity index (χ4n) is 4.15. The SMILES string of the molecule is CCOc1cc(Cl)c(C(NC)C2C3CCCCC32)cc1Cl. The molecule has 0 spiro atoms. The van der Waals surface area contributed by atoms with Crippen LogP contribution in [0.2, 0.25) is 10.0 Å². The first-order chi connectivity index (χ1) is 10.2. The van der Waals surface area contributed by atoms with Crippen molar-refractivity contribution in [1.82, 2.24) is 5.32 Å². The molecule has 1 aromatic rings. The summed E-state index contributed by atoms with van der Waals surface area (Å²) >= 11 is 12.8. The fraction of sp³-hybridized carbons (Fsp3) is 0.647. The molecular weight excluding hydrogens is 305 g/mol. The topological polar surface area (TPSA) is 21.3 Å². The van der Waals surface area contributed by atoms with Crippen LogP contribution in [-0.2, 0) is 0 Å². The Hall–Kier alpha value is -0.440. The van der Waals surface area contributed by atoms with E-state index in [1.165, 1.54) is 25.7 Å². The molecular formula is C17H23Cl2NO. The summed E-state index contributed by atoms with van der Waals surface area (Å²) < 4.78 is 5.52. The van der Waals surface area contributed by atoms with E-state index in [1.807, 2.05) is 26.1 Å². The van der Waals surface area contributed by atoms with Crippen molar-refractivity contribution in [2.24, 2.45) is 17.8 Å². The van der Waals surface area contributed by atoms with Crippen LogP contribution in [0, 0.1) is 17.8 Å². The lowest BCUT2D eigenvalue weighted by Crippen LogP contribution is -2.20. The quantitative estimate of drug-likeness (QED) is 0.813. The lowest BCUT2D eigenvalue weighted by Gasteiger charge is -2.20. The summed E-state index contributed by atoms with van der Waals surface area (Å²) in [4.78, 5) is 0. The number of fused-ring (bicyclic) bond motifs is 1. The lowest BCUT2D eigenvalue weighted by atomic mass is 9.99. The number of ether oxygens (including phenoxy) is 1. The van der Waals surface area contributed by atoms with Gasteiger partial charge < -0.3 is 10.1 Å². The first-order valence-electron chi connectivity index (χ1n) is 7.96. The average Bonchev–Trinajstić information content (AvgIpc) is 3.19. The Labute approximate surface area is 137 Å². The summed E-state index contributed by atoms with van der Waals surface area (Å²) in [6, 6.07) is 4.15. The molecule has 0 radical (unpaired) electrons. The predicted molar refractivity (Wildman–Crippen MR) is 88.4 cm³/mol. The zero-order valence-electron chi connectivity index (χ0n) is 12.7. The van der Waals surface area contributed by atoms with Gasteiger partial charge >= 0.3 is 0 Å². The van der Waals surface area contributed by atoms with Gasteiger partial charge in [0.05, 0.1) is 11.6 Å². The van der Waals surface area contributed by atoms with Crippen LogP contribution in [0.25, 0.3) is 0 Å². The molecule has 0 aromatic heterocycles. The van der Waals surface area contributed by atoms with Gasteiger partial charge in [0.25, 0.3) is 0 Å². The van der Waals surface area contributed by atoms with Crippen LogP contribution in [-0.4, -0.2) is 13.7 Å². The van der Waals surface area contributed by atoms with Crippen molar-refractivity contribution < 1.29 is 4.74 Å². The van der Waals surface area contributed by atoms with E-state index in [1.54, 1.807) is 0 Å². The third-order valence-corrected chi connectivity index (χ3v) is 5.73. The van der Waals surface area contributed by atoms with Crippen LogP contribution in [0.15, 0.2) is 12.1 Å². The minimum Gasteiger partial charge on any atom is -0.492 e. The van der Waals surface area contributed by atoms with Gasteiger partial charge in [-0.3, -0.25) is 0 Å². The molecule has 3 unspecified atom stereocenters. The zero-order valence-corrected chi connectivity index (χ0v) is 14.2. The van der Waals surface area contributed by atoms with Gasteiger partial charge in [-0.2, -0.15) is 0 Å². The summed E-state index contributed by atoms with van der Waals surface area (Å²) in [7, 11) is 2.02. The summed E-state index contributed by atoms with van der Waals surface area (Å²) in [5.74, 6) is 3.13. The average molecular weight is 328 g/mol. The Balaban J connectivity index is 1.86. The van der Waals surface area contributed by atoms with Crippen molar-refractivity contribution in [2.45, 2.75) is 38.6 Å². The molecule has 116 valence electrons. The van der Waals surface area contributed by atoms with E-state index in [0.717, 1.165) is 22.4 Å². The molecule has 0 saturated heterocycles. The number of nitrogens with one attached hydrogen (secondary N) is 1. The molecule has 0 heterocycles. The van der Waals surface area contributed by atoms with Crippen molar-refractivity contribution >= 4 is 23.2 Å². The molecule has 2 saturated carbocycles.